The lowest BCUT2D eigenvalue weighted by Gasteiger charge is -2.34. The van der Waals surface area contributed by atoms with Gasteiger partial charge in [0.25, 0.3) is 0 Å². The number of benzene rings is 1. The maximum Gasteiger partial charge on any atom is 0.347 e. The molecule has 0 bridgehead atoms. The first-order valence-electron chi connectivity index (χ1n) is 8.07. The summed E-state index contributed by atoms with van der Waals surface area (Å²) in [5, 5.41) is 0.494. The highest BCUT2D eigenvalue weighted by molar-refractivity contribution is 7.88. The zero-order chi connectivity index (χ0) is 18.9. The molecule has 1 atom stereocenters. The highest BCUT2D eigenvalue weighted by atomic mass is 32.2. The van der Waals surface area contributed by atoms with Gasteiger partial charge in [0, 0.05) is 25.0 Å². The van der Waals surface area contributed by atoms with Crippen molar-refractivity contribution in [2.45, 2.75) is 12.8 Å². The summed E-state index contributed by atoms with van der Waals surface area (Å²) in [6.45, 7) is 8.54. The van der Waals surface area contributed by atoms with Crippen molar-refractivity contribution in [1.82, 2.24) is 14.7 Å². The van der Waals surface area contributed by atoms with Crippen molar-refractivity contribution >= 4 is 32.4 Å². The Morgan fingerprint density at radius 1 is 1.50 bits per heavy atom. The Kier molecular flexibility index (Phi) is 4.93. The van der Waals surface area contributed by atoms with E-state index >= 15 is 0 Å². The molecule has 1 saturated heterocycles. The van der Waals surface area contributed by atoms with E-state index in [1.165, 1.54) is 6.07 Å². The van der Waals surface area contributed by atoms with E-state index in [1.54, 1.807) is 0 Å². The fraction of sp³-hybridized carbons (Fsp3) is 0.438. The van der Waals surface area contributed by atoms with Gasteiger partial charge in [-0.15, -0.1) is 0 Å². The number of rotatable bonds is 4. The van der Waals surface area contributed by atoms with Crippen LogP contribution in [0.4, 0.5) is 15.9 Å². The number of fused-ring (bicyclic) bond motifs is 1. The number of piperidine rings is 1. The molecule has 0 saturated carbocycles. The standard InChI is InChI=1S/C16H18FN5O3S/c1-18-14-6-11-13(7-12(14)17)20-16(23)21-15(11)22-5-3-4-10(9-22)8-19-26(2,24)25/h6-7,10,19H,3-5,8-9H2,2H3,(H,20,21,23). The number of halogens is 1. The number of hydrogen-bond donors (Lipinski definition) is 2. The lowest BCUT2D eigenvalue weighted by molar-refractivity contribution is 0.410. The molecule has 138 valence electrons. The SMILES string of the molecule is [C-]#[N+]c1cc2c(N3CCCC(CNS(C)(=O)=O)C3)nc(=O)[nH]c2cc1F. The van der Waals surface area contributed by atoms with Gasteiger partial charge in [-0.3, -0.25) is 0 Å². The van der Waals surface area contributed by atoms with Gasteiger partial charge in [0.05, 0.1) is 18.3 Å². The van der Waals surface area contributed by atoms with Crippen molar-refractivity contribution in [1.29, 1.82) is 0 Å². The van der Waals surface area contributed by atoms with Crippen LogP contribution in [-0.4, -0.2) is 44.3 Å². The quantitative estimate of drug-likeness (QED) is 0.782. The van der Waals surface area contributed by atoms with Crippen LogP contribution in [0.3, 0.4) is 0 Å². The van der Waals surface area contributed by atoms with Crippen LogP contribution in [0.1, 0.15) is 12.8 Å². The summed E-state index contributed by atoms with van der Waals surface area (Å²) in [5.74, 6) is -0.248. The first-order valence-corrected chi connectivity index (χ1v) is 9.96. The zero-order valence-corrected chi connectivity index (χ0v) is 14.9. The third-order valence-corrected chi connectivity index (χ3v) is 5.04. The van der Waals surface area contributed by atoms with Crippen LogP contribution in [-0.2, 0) is 10.0 Å². The minimum Gasteiger partial charge on any atom is -0.356 e. The lowest BCUT2D eigenvalue weighted by atomic mass is 9.98. The Morgan fingerprint density at radius 3 is 2.96 bits per heavy atom. The maximum atomic E-state index is 13.9. The van der Waals surface area contributed by atoms with Crippen LogP contribution in [0.15, 0.2) is 16.9 Å². The fourth-order valence-corrected chi connectivity index (χ4v) is 3.71. The topological polar surface area (TPSA) is 99.5 Å². The second kappa shape index (κ2) is 7.01. The van der Waals surface area contributed by atoms with Gasteiger partial charge in [-0.05, 0) is 30.9 Å². The van der Waals surface area contributed by atoms with Crippen molar-refractivity contribution in [3.8, 4) is 0 Å². The lowest BCUT2D eigenvalue weighted by Crippen LogP contribution is -2.41. The van der Waals surface area contributed by atoms with E-state index in [2.05, 4.69) is 19.5 Å². The molecule has 1 aromatic carbocycles. The van der Waals surface area contributed by atoms with E-state index in [-0.39, 0.29) is 17.1 Å². The van der Waals surface area contributed by atoms with Gasteiger partial charge in [0.15, 0.2) is 0 Å². The van der Waals surface area contributed by atoms with Gasteiger partial charge in [0.2, 0.25) is 15.7 Å². The van der Waals surface area contributed by atoms with Crippen LogP contribution < -0.4 is 15.3 Å². The molecule has 1 aromatic heterocycles. The van der Waals surface area contributed by atoms with Crippen LogP contribution >= 0.6 is 0 Å². The number of aromatic nitrogens is 2. The molecule has 2 heterocycles. The van der Waals surface area contributed by atoms with Crippen LogP contribution in [0.5, 0.6) is 0 Å². The Morgan fingerprint density at radius 2 is 2.27 bits per heavy atom. The smallest absolute Gasteiger partial charge is 0.347 e. The molecule has 0 radical (unpaired) electrons. The predicted molar refractivity (Wildman–Crippen MR) is 96.4 cm³/mol. The molecule has 2 N–H and O–H groups in total. The van der Waals surface area contributed by atoms with Crippen LogP contribution in [0.2, 0.25) is 0 Å². The second-order valence-electron chi connectivity index (χ2n) is 6.40. The third kappa shape index (κ3) is 4.00. The van der Waals surface area contributed by atoms with Gasteiger partial charge in [-0.1, -0.05) is 0 Å². The third-order valence-electron chi connectivity index (χ3n) is 4.35. The molecule has 1 aliphatic heterocycles. The van der Waals surface area contributed by atoms with Gasteiger partial charge >= 0.3 is 5.69 Å². The van der Waals surface area contributed by atoms with Crippen molar-refractivity contribution in [3.63, 3.8) is 0 Å². The largest absolute Gasteiger partial charge is 0.356 e. The first kappa shape index (κ1) is 18.3. The van der Waals surface area contributed by atoms with E-state index in [4.69, 9.17) is 6.57 Å². The second-order valence-corrected chi connectivity index (χ2v) is 8.23. The number of aromatic amines is 1. The van der Waals surface area contributed by atoms with Crippen molar-refractivity contribution in [2.75, 3.05) is 30.8 Å². The van der Waals surface area contributed by atoms with Crippen LogP contribution in [0, 0.1) is 18.3 Å². The van der Waals surface area contributed by atoms with Crippen LogP contribution in [0.25, 0.3) is 15.7 Å². The minimum atomic E-state index is -3.27. The molecule has 1 unspecified atom stereocenters. The van der Waals surface area contributed by atoms with Gasteiger partial charge in [-0.25, -0.2) is 27.2 Å². The molecule has 26 heavy (non-hydrogen) atoms. The molecule has 8 nitrogen and oxygen atoms in total. The molecule has 2 aromatic rings. The average Bonchev–Trinajstić information content (AvgIpc) is 2.58. The van der Waals surface area contributed by atoms with Crippen molar-refractivity contribution in [3.05, 3.63) is 39.9 Å². The summed E-state index contributed by atoms with van der Waals surface area (Å²) >= 11 is 0. The number of anilines is 1. The van der Waals surface area contributed by atoms with E-state index in [0.29, 0.717) is 30.8 Å². The number of nitrogens with one attached hydrogen (secondary N) is 2. The highest BCUT2D eigenvalue weighted by Gasteiger charge is 2.24. The summed E-state index contributed by atoms with van der Waals surface area (Å²) in [7, 11) is -3.27. The molecule has 0 aliphatic carbocycles. The Hall–Kier alpha value is -2.51. The number of sulfonamides is 1. The van der Waals surface area contributed by atoms with E-state index in [1.807, 2.05) is 4.90 Å². The average molecular weight is 379 g/mol. The van der Waals surface area contributed by atoms with Crippen molar-refractivity contribution < 1.29 is 12.8 Å². The van der Waals surface area contributed by atoms with Gasteiger partial charge < -0.3 is 9.88 Å². The molecular formula is C16H18FN5O3S. The Bertz CT molecular complexity index is 1040. The predicted octanol–water partition coefficient (Wildman–Crippen LogP) is 1.38. The number of nitrogens with zero attached hydrogens (tertiary/aromatic N) is 3. The molecule has 3 rings (SSSR count). The highest BCUT2D eigenvalue weighted by Crippen LogP contribution is 2.31. The molecule has 10 heteroatoms. The molecular weight excluding hydrogens is 361 g/mol. The summed E-state index contributed by atoms with van der Waals surface area (Å²) in [4.78, 5) is 23.4. The summed E-state index contributed by atoms with van der Waals surface area (Å²) in [5.41, 5.74) is -0.458. The zero-order valence-electron chi connectivity index (χ0n) is 14.1. The monoisotopic (exact) mass is 379 g/mol. The Labute approximate surface area is 149 Å². The minimum absolute atomic E-state index is 0.0652. The number of hydrogen-bond acceptors (Lipinski definition) is 5. The fourth-order valence-electron chi connectivity index (χ4n) is 3.17. The molecule has 0 spiro atoms. The summed E-state index contributed by atoms with van der Waals surface area (Å²) < 4.78 is 39.0. The van der Waals surface area contributed by atoms with Crippen molar-refractivity contribution in [2.24, 2.45) is 5.92 Å². The number of H-pyrrole nitrogens is 1. The Balaban J connectivity index is 1.96. The first-order chi connectivity index (χ1) is 12.3. The van der Waals surface area contributed by atoms with E-state index in [0.717, 1.165) is 25.2 Å². The van der Waals surface area contributed by atoms with E-state index < -0.39 is 21.5 Å². The van der Waals surface area contributed by atoms with Gasteiger partial charge in [0.1, 0.15) is 11.6 Å². The molecule has 0 amide bonds. The normalized spacial score (nSPS) is 18.0. The molecule has 1 aliphatic rings. The maximum absolute atomic E-state index is 13.9. The summed E-state index contributed by atoms with van der Waals surface area (Å²) in [6, 6.07) is 2.51. The molecule has 1 fully saturated rings. The summed E-state index contributed by atoms with van der Waals surface area (Å²) in [6.07, 6.45) is 2.77. The van der Waals surface area contributed by atoms with Gasteiger partial charge in [-0.2, -0.15) is 4.98 Å². The van der Waals surface area contributed by atoms with E-state index in [9.17, 15) is 17.6 Å².